The minimum Gasteiger partial charge on any atom is -0.354 e. The molecule has 0 saturated carbocycles. The van der Waals surface area contributed by atoms with Crippen LogP contribution in [0.5, 0.6) is 0 Å². The first-order valence-electron chi connectivity index (χ1n) is 10.3. The Balaban J connectivity index is 1.64. The Kier molecular flexibility index (Phi) is 6.24. The summed E-state index contributed by atoms with van der Waals surface area (Å²) in [6, 6.07) is 35.5. The predicted molar refractivity (Wildman–Crippen MR) is 130 cm³/mol. The number of carbonyl (C=O) groups excluding carboxylic acids is 1. The first-order valence-corrected chi connectivity index (χ1v) is 10.3. The third-order valence-electron chi connectivity index (χ3n) is 4.95. The van der Waals surface area contributed by atoms with E-state index < -0.39 is 0 Å². The summed E-state index contributed by atoms with van der Waals surface area (Å²) in [5.41, 5.74) is 6.18. The highest BCUT2D eigenvalue weighted by atomic mass is 16.1. The van der Waals surface area contributed by atoms with Crippen LogP contribution in [0.3, 0.4) is 0 Å². The van der Waals surface area contributed by atoms with E-state index in [1.165, 1.54) is 5.56 Å². The standard InChI is InChI=1S/C28H24N2O/c1-21-16-18-24(19-17-21)29-26-14-8-9-15-27(26)30-28(31)25(23-12-6-3-7-13-23)20-22-10-4-2-5-11-22/h2-20,29H,1H3,(H,30,31)/b25-20-. The molecule has 0 aliphatic rings. The Hall–Kier alpha value is -4.11. The van der Waals surface area contributed by atoms with Gasteiger partial charge in [-0.3, -0.25) is 4.79 Å². The molecule has 1 amide bonds. The van der Waals surface area contributed by atoms with Crippen LogP contribution in [0, 0.1) is 6.92 Å². The van der Waals surface area contributed by atoms with Gasteiger partial charge >= 0.3 is 0 Å². The molecule has 0 radical (unpaired) electrons. The SMILES string of the molecule is Cc1ccc(Nc2ccccc2NC(=O)/C(=C\c2ccccc2)c2ccccc2)cc1. The largest absolute Gasteiger partial charge is 0.354 e. The zero-order valence-corrected chi connectivity index (χ0v) is 17.4. The van der Waals surface area contributed by atoms with Crippen molar-refractivity contribution in [3.05, 3.63) is 126 Å². The molecule has 3 nitrogen and oxygen atoms in total. The van der Waals surface area contributed by atoms with E-state index in [4.69, 9.17) is 0 Å². The lowest BCUT2D eigenvalue weighted by molar-refractivity contribution is -0.111. The van der Waals surface area contributed by atoms with E-state index in [1.807, 2.05) is 103 Å². The molecule has 4 aromatic carbocycles. The van der Waals surface area contributed by atoms with Crippen molar-refractivity contribution in [3.63, 3.8) is 0 Å². The quantitative estimate of drug-likeness (QED) is 0.270. The van der Waals surface area contributed by atoms with E-state index in [0.717, 1.165) is 28.2 Å². The second-order valence-electron chi connectivity index (χ2n) is 7.33. The van der Waals surface area contributed by atoms with Gasteiger partial charge in [-0.05, 0) is 48.4 Å². The van der Waals surface area contributed by atoms with Gasteiger partial charge < -0.3 is 10.6 Å². The monoisotopic (exact) mass is 404 g/mol. The van der Waals surface area contributed by atoms with Gasteiger partial charge in [0, 0.05) is 11.3 Å². The fraction of sp³-hybridized carbons (Fsp3) is 0.0357. The van der Waals surface area contributed by atoms with Crippen LogP contribution in [0.4, 0.5) is 17.1 Å². The van der Waals surface area contributed by atoms with Crippen LogP contribution in [0.2, 0.25) is 0 Å². The van der Waals surface area contributed by atoms with Gasteiger partial charge in [-0.15, -0.1) is 0 Å². The Morgan fingerprint density at radius 3 is 1.94 bits per heavy atom. The summed E-state index contributed by atoms with van der Waals surface area (Å²) in [4.78, 5) is 13.4. The number of aryl methyl sites for hydroxylation is 1. The van der Waals surface area contributed by atoms with Crippen LogP contribution in [0.1, 0.15) is 16.7 Å². The van der Waals surface area contributed by atoms with Crippen molar-refractivity contribution in [2.24, 2.45) is 0 Å². The molecule has 0 aliphatic carbocycles. The van der Waals surface area contributed by atoms with E-state index >= 15 is 0 Å². The van der Waals surface area contributed by atoms with E-state index in [0.29, 0.717) is 5.57 Å². The summed E-state index contributed by atoms with van der Waals surface area (Å²) in [5.74, 6) is -0.159. The van der Waals surface area contributed by atoms with Gasteiger partial charge in [0.15, 0.2) is 0 Å². The minimum absolute atomic E-state index is 0.159. The second kappa shape index (κ2) is 9.59. The molecule has 0 unspecified atom stereocenters. The summed E-state index contributed by atoms with van der Waals surface area (Å²) in [6.07, 6.45) is 1.92. The summed E-state index contributed by atoms with van der Waals surface area (Å²) in [7, 11) is 0. The number of nitrogens with one attached hydrogen (secondary N) is 2. The Morgan fingerprint density at radius 1 is 0.677 bits per heavy atom. The second-order valence-corrected chi connectivity index (χ2v) is 7.33. The predicted octanol–water partition coefficient (Wildman–Crippen LogP) is 6.92. The third-order valence-corrected chi connectivity index (χ3v) is 4.95. The number of hydrogen-bond acceptors (Lipinski definition) is 2. The third kappa shape index (κ3) is 5.28. The van der Waals surface area contributed by atoms with Crippen LogP contribution in [-0.2, 0) is 4.79 Å². The van der Waals surface area contributed by atoms with Crippen LogP contribution < -0.4 is 10.6 Å². The smallest absolute Gasteiger partial charge is 0.256 e. The molecule has 0 aromatic heterocycles. The molecule has 0 heterocycles. The molecule has 0 aliphatic heterocycles. The summed E-state index contributed by atoms with van der Waals surface area (Å²) >= 11 is 0. The fourth-order valence-corrected chi connectivity index (χ4v) is 3.30. The highest BCUT2D eigenvalue weighted by Gasteiger charge is 2.14. The first kappa shape index (κ1) is 20.2. The van der Waals surface area contributed by atoms with E-state index in [2.05, 4.69) is 29.7 Å². The lowest BCUT2D eigenvalue weighted by Crippen LogP contribution is -2.14. The molecule has 152 valence electrons. The number of para-hydroxylation sites is 2. The molecule has 4 rings (SSSR count). The average molecular weight is 405 g/mol. The van der Waals surface area contributed by atoms with Crippen molar-refractivity contribution in [2.75, 3.05) is 10.6 Å². The highest BCUT2D eigenvalue weighted by molar-refractivity contribution is 6.29. The zero-order chi connectivity index (χ0) is 21.5. The topological polar surface area (TPSA) is 41.1 Å². The van der Waals surface area contributed by atoms with Crippen LogP contribution in [0.25, 0.3) is 11.6 Å². The summed E-state index contributed by atoms with van der Waals surface area (Å²) in [5, 5.41) is 6.49. The fourth-order valence-electron chi connectivity index (χ4n) is 3.30. The molecule has 0 saturated heterocycles. The maximum atomic E-state index is 13.4. The molecule has 0 atom stereocenters. The van der Waals surface area contributed by atoms with Crippen molar-refractivity contribution in [2.45, 2.75) is 6.92 Å². The Labute approximate surface area is 183 Å². The minimum atomic E-state index is -0.159. The number of hydrogen-bond donors (Lipinski definition) is 2. The van der Waals surface area contributed by atoms with Crippen molar-refractivity contribution in [1.82, 2.24) is 0 Å². The molecule has 31 heavy (non-hydrogen) atoms. The first-order chi connectivity index (χ1) is 15.2. The molecular formula is C28H24N2O. The van der Waals surface area contributed by atoms with Gasteiger partial charge in [0.1, 0.15) is 0 Å². The van der Waals surface area contributed by atoms with E-state index in [-0.39, 0.29) is 5.91 Å². The van der Waals surface area contributed by atoms with Gasteiger partial charge in [0.2, 0.25) is 0 Å². The maximum absolute atomic E-state index is 13.4. The maximum Gasteiger partial charge on any atom is 0.256 e. The number of carbonyl (C=O) groups is 1. The molecule has 2 N–H and O–H groups in total. The van der Waals surface area contributed by atoms with Crippen molar-refractivity contribution >= 4 is 34.6 Å². The highest BCUT2D eigenvalue weighted by Crippen LogP contribution is 2.27. The van der Waals surface area contributed by atoms with Gasteiger partial charge in [-0.1, -0.05) is 90.5 Å². The summed E-state index contributed by atoms with van der Waals surface area (Å²) in [6.45, 7) is 2.06. The van der Waals surface area contributed by atoms with Gasteiger partial charge in [0.25, 0.3) is 5.91 Å². The van der Waals surface area contributed by atoms with E-state index in [9.17, 15) is 4.79 Å². The van der Waals surface area contributed by atoms with Crippen LogP contribution in [0.15, 0.2) is 109 Å². The van der Waals surface area contributed by atoms with Gasteiger partial charge in [-0.25, -0.2) is 0 Å². The van der Waals surface area contributed by atoms with Gasteiger partial charge in [0.05, 0.1) is 11.4 Å². The number of amides is 1. The molecule has 0 bridgehead atoms. The molecular weight excluding hydrogens is 380 g/mol. The van der Waals surface area contributed by atoms with E-state index in [1.54, 1.807) is 0 Å². The van der Waals surface area contributed by atoms with Crippen LogP contribution >= 0.6 is 0 Å². The lowest BCUT2D eigenvalue weighted by atomic mass is 10.0. The Bertz CT molecular complexity index is 1180. The molecule has 3 heteroatoms. The molecule has 4 aromatic rings. The number of anilines is 3. The van der Waals surface area contributed by atoms with Crippen LogP contribution in [-0.4, -0.2) is 5.91 Å². The normalized spacial score (nSPS) is 11.1. The zero-order valence-electron chi connectivity index (χ0n) is 17.4. The average Bonchev–Trinajstić information content (AvgIpc) is 2.81. The van der Waals surface area contributed by atoms with Gasteiger partial charge in [-0.2, -0.15) is 0 Å². The van der Waals surface area contributed by atoms with Crippen molar-refractivity contribution in [1.29, 1.82) is 0 Å². The number of rotatable bonds is 6. The Morgan fingerprint density at radius 2 is 1.26 bits per heavy atom. The molecule has 0 fully saturated rings. The summed E-state index contributed by atoms with van der Waals surface area (Å²) < 4.78 is 0. The van der Waals surface area contributed by atoms with Crippen molar-refractivity contribution in [3.8, 4) is 0 Å². The molecule has 0 spiro atoms. The lowest BCUT2D eigenvalue weighted by Gasteiger charge is -2.15. The van der Waals surface area contributed by atoms with Crippen molar-refractivity contribution < 1.29 is 4.79 Å². The number of benzene rings is 4.